The highest BCUT2D eigenvalue weighted by molar-refractivity contribution is 5.76. The Labute approximate surface area is 74.4 Å². The number of aliphatic hydroxyl groups is 1. The first-order chi connectivity index (χ1) is 5.59. The fourth-order valence-electron chi connectivity index (χ4n) is 0.852. The van der Waals surface area contributed by atoms with Crippen LogP contribution in [0.25, 0.3) is 0 Å². The third kappa shape index (κ3) is 4.34. The number of hydrogen-bond donors (Lipinski definition) is 1. The molecule has 3 nitrogen and oxygen atoms in total. The highest BCUT2D eigenvalue weighted by Crippen LogP contribution is 2.01. The Balaban J connectivity index is 3.57. The molecule has 0 aliphatic rings. The maximum Gasteiger partial charge on any atom is 0.222 e. The van der Waals surface area contributed by atoms with Gasteiger partial charge in [0.05, 0.1) is 0 Å². The lowest BCUT2D eigenvalue weighted by atomic mass is 10.2. The first kappa shape index (κ1) is 11.4. The lowest BCUT2D eigenvalue weighted by Crippen LogP contribution is -2.32. The number of rotatable bonds is 5. The van der Waals surface area contributed by atoms with Crippen LogP contribution in [0.2, 0.25) is 0 Å². The summed E-state index contributed by atoms with van der Waals surface area (Å²) in [6, 6.07) is 0.270. The average molecular weight is 173 g/mol. The summed E-state index contributed by atoms with van der Waals surface area (Å²) in [5.41, 5.74) is 0. The van der Waals surface area contributed by atoms with Gasteiger partial charge in [0.15, 0.2) is 0 Å². The lowest BCUT2D eigenvalue weighted by Gasteiger charge is -2.21. The number of amides is 1. The molecule has 12 heavy (non-hydrogen) atoms. The fraction of sp³-hybridized carbons (Fsp3) is 0.889. The summed E-state index contributed by atoms with van der Waals surface area (Å²) in [6.07, 6.45) is 2.05. The minimum Gasteiger partial charge on any atom is -0.396 e. The van der Waals surface area contributed by atoms with Gasteiger partial charge in [-0.2, -0.15) is 0 Å². The average Bonchev–Trinajstić information content (AvgIpc) is 2.03. The molecule has 0 aliphatic heterocycles. The molecule has 1 amide bonds. The van der Waals surface area contributed by atoms with Gasteiger partial charge in [-0.15, -0.1) is 0 Å². The maximum atomic E-state index is 11.3. The number of unbranched alkanes of at least 4 members (excludes halogenated alkanes) is 1. The molecule has 0 fully saturated rings. The molecule has 0 aromatic rings. The Kier molecular flexibility index (Phi) is 5.72. The molecule has 0 atom stereocenters. The maximum absolute atomic E-state index is 11.3. The van der Waals surface area contributed by atoms with E-state index < -0.39 is 0 Å². The van der Waals surface area contributed by atoms with Gasteiger partial charge in [-0.25, -0.2) is 0 Å². The molecule has 0 aromatic carbocycles. The van der Waals surface area contributed by atoms with E-state index >= 15 is 0 Å². The minimum atomic E-state index is 0.165. The lowest BCUT2D eigenvalue weighted by molar-refractivity contribution is -0.131. The fourth-order valence-corrected chi connectivity index (χ4v) is 0.852. The summed E-state index contributed by atoms with van der Waals surface area (Å²) in [5, 5.41) is 8.50. The minimum absolute atomic E-state index is 0.165. The third-order valence-corrected chi connectivity index (χ3v) is 1.97. The van der Waals surface area contributed by atoms with Crippen LogP contribution in [0.15, 0.2) is 0 Å². The molecule has 0 heterocycles. The van der Waals surface area contributed by atoms with Gasteiger partial charge >= 0.3 is 0 Å². The second-order valence-corrected chi connectivity index (χ2v) is 3.28. The summed E-state index contributed by atoms with van der Waals surface area (Å²) >= 11 is 0. The van der Waals surface area contributed by atoms with E-state index in [9.17, 15) is 4.79 Å². The molecule has 0 radical (unpaired) electrons. The zero-order chi connectivity index (χ0) is 9.56. The molecule has 0 aromatic heterocycles. The van der Waals surface area contributed by atoms with Crippen molar-refractivity contribution in [3.05, 3.63) is 0 Å². The van der Waals surface area contributed by atoms with Crippen LogP contribution in [-0.4, -0.2) is 35.6 Å². The van der Waals surface area contributed by atoms with Gasteiger partial charge in [-0.05, 0) is 26.7 Å². The van der Waals surface area contributed by atoms with Gasteiger partial charge < -0.3 is 10.0 Å². The summed E-state index contributed by atoms with van der Waals surface area (Å²) < 4.78 is 0. The van der Waals surface area contributed by atoms with Crippen LogP contribution in [0, 0.1) is 0 Å². The predicted octanol–water partition coefficient (Wildman–Crippen LogP) is 1.02. The van der Waals surface area contributed by atoms with Crippen molar-refractivity contribution in [3.63, 3.8) is 0 Å². The van der Waals surface area contributed by atoms with E-state index in [4.69, 9.17) is 5.11 Å². The molecule has 0 saturated carbocycles. The molecule has 0 saturated heterocycles. The zero-order valence-corrected chi connectivity index (χ0v) is 8.21. The van der Waals surface area contributed by atoms with E-state index in [1.807, 2.05) is 20.9 Å². The molecule has 0 rings (SSSR count). The second-order valence-electron chi connectivity index (χ2n) is 3.28. The Morgan fingerprint density at radius 2 is 2.00 bits per heavy atom. The molecule has 3 heteroatoms. The predicted molar refractivity (Wildman–Crippen MR) is 48.8 cm³/mol. The quantitative estimate of drug-likeness (QED) is 0.630. The summed E-state index contributed by atoms with van der Waals surface area (Å²) in [6.45, 7) is 4.16. The van der Waals surface area contributed by atoms with E-state index in [0.29, 0.717) is 6.42 Å². The number of hydrogen-bond acceptors (Lipinski definition) is 2. The number of carbonyl (C=O) groups excluding carboxylic acids is 1. The van der Waals surface area contributed by atoms with Gasteiger partial charge in [0.1, 0.15) is 0 Å². The molecule has 0 spiro atoms. The van der Waals surface area contributed by atoms with Crippen molar-refractivity contribution >= 4 is 5.91 Å². The van der Waals surface area contributed by atoms with Crippen molar-refractivity contribution in [3.8, 4) is 0 Å². The molecule has 1 N–H and O–H groups in total. The first-order valence-corrected chi connectivity index (χ1v) is 4.46. The van der Waals surface area contributed by atoms with Crippen molar-refractivity contribution in [2.75, 3.05) is 13.7 Å². The number of carbonyl (C=O) groups is 1. The third-order valence-electron chi connectivity index (χ3n) is 1.97. The Hall–Kier alpha value is -0.570. The van der Waals surface area contributed by atoms with Crippen LogP contribution in [0.4, 0.5) is 0 Å². The van der Waals surface area contributed by atoms with E-state index in [1.165, 1.54) is 0 Å². The normalized spacial score (nSPS) is 10.4. The molecule has 0 aliphatic carbocycles. The summed E-state index contributed by atoms with van der Waals surface area (Å²) in [7, 11) is 1.81. The van der Waals surface area contributed by atoms with Crippen LogP contribution in [-0.2, 0) is 4.79 Å². The van der Waals surface area contributed by atoms with Crippen LogP contribution in [0.3, 0.4) is 0 Å². The Morgan fingerprint density at radius 1 is 1.42 bits per heavy atom. The molecular formula is C9H19NO2. The summed E-state index contributed by atoms with van der Waals surface area (Å²) in [4.78, 5) is 13.0. The van der Waals surface area contributed by atoms with Crippen molar-refractivity contribution < 1.29 is 9.90 Å². The van der Waals surface area contributed by atoms with E-state index in [2.05, 4.69) is 0 Å². The second kappa shape index (κ2) is 6.00. The molecule has 72 valence electrons. The van der Waals surface area contributed by atoms with Crippen molar-refractivity contribution in [1.29, 1.82) is 0 Å². The van der Waals surface area contributed by atoms with Crippen molar-refractivity contribution in [2.45, 2.75) is 39.2 Å². The van der Waals surface area contributed by atoms with Crippen LogP contribution >= 0.6 is 0 Å². The first-order valence-electron chi connectivity index (χ1n) is 4.46. The van der Waals surface area contributed by atoms with Crippen LogP contribution in [0.5, 0.6) is 0 Å². The van der Waals surface area contributed by atoms with Crippen LogP contribution < -0.4 is 0 Å². The molecule has 0 bridgehead atoms. The standard InChI is InChI=1S/C9H19NO2/c1-8(2)10(3)9(12)6-4-5-7-11/h8,11H,4-7H2,1-3H3. The van der Waals surface area contributed by atoms with E-state index in [0.717, 1.165) is 12.8 Å². The number of nitrogens with zero attached hydrogens (tertiary/aromatic N) is 1. The van der Waals surface area contributed by atoms with Gasteiger partial charge in [0.25, 0.3) is 0 Å². The Morgan fingerprint density at radius 3 is 2.42 bits per heavy atom. The highest BCUT2D eigenvalue weighted by atomic mass is 16.2. The van der Waals surface area contributed by atoms with Crippen LogP contribution in [0.1, 0.15) is 33.1 Å². The van der Waals surface area contributed by atoms with E-state index in [1.54, 1.807) is 4.90 Å². The summed E-state index contributed by atoms with van der Waals surface area (Å²) in [5.74, 6) is 0.165. The van der Waals surface area contributed by atoms with Gasteiger partial charge in [-0.1, -0.05) is 0 Å². The number of aliphatic hydroxyl groups excluding tert-OH is 1. The van der Waals surface area contributed by atoms with Crippen molar-refractivity contribution in [1.82, 2.24) is 4.90 Å². The molecule has 0 unspecified atom stereocenters. The highest BCUT2D eigenvalue weighted by Gasteiger charge is 2.10. The SMILES string of the molecule is CC(C)N(C)C(=O)CCCCO. The van der Waals surface area contributed by atoms with Gasteiger partial charge in [-0.3, -0.25) is 4.79 Å². The topological polar surface area (TPSA) is 40.5 Å². The van der Waals surface area contributed by atoms with Gasteiger partial charge in [0, 0.05) is 26.1 Å². The van der Waals surface area contributed by atoms with Gasteiger partial charge in [0.2, 0.25) is 5.91 Å². The largest absolute Gasteiger partial charge is 0.396 e. The Bertz CT molecular complexity index is 134. The monoisotopic (exact) mass is 173 g/mol. The van der Waals surface area contributed by atoms with Crippen molar-refractivity contribution in [2.24, 2.45) is 0 Å². The molecular weight excluding hydrogens is 154 g/mol. The smallest absolute Gasteiger partial charge is 0.222 e. The van der Waals surface area contributed by atoms with E-state index in [-0.39, 0.29) is 18.6 Å². The zero-order valence-electron chi connectivity index (χ0n) is 8.21.